The van der Waals surface area contributed by atoms with E-state index < -0.39 is 0 Å². The van der Waals surface area contributed by atoms with Gasteiger partial charge in [-0.15, -0.1) is 0 Å². The molecule has 0 fully saturated rings. The van der Waals surface area contributed by atoms with Crippen molar-refractivity contribution in [1.29, 1.82) is 0 Å². The molecule has 0 saturated carbocycles. The second-order valence-corrected chi connectivity index (χ2v) is 6.12. The van der Waals surface area contributed by atoms with Crippen molar-refractivity contribution in [2.24, 2.45) is 0 Å². The number of anilines is 3. The molecule has 0 saturated heterocycles. The van der Waals surface area contributed by atoms with Gasteiger partial charge < -0.3 is 20.1 Å². The molecule has 0 aliphatic heterocycles. The number of ether oxygens (including phenoxy) is 2. The summed E-state index contributed by atoms with van der Waals surface area (Å²) in [6.45, 7) is 2.45. The summed E-state index contributed by atoms with van der Waals surface area (Å²) >= 11 is 6.16. The van der Waals surface area contributed by atoms with Gasteiger partial charge in [0.1, 0.15) is 29.0 Å². The average Bonchev–Trinajstić information content (AvgIpc) is 2.68. The quantitative estimate of drug-likeness (QED) is 0.630. The van der Waals surface area contributed by atoms with Crippen molar-refractivity contribution in [2.45, 2.75) is 13.5 Å². The number of nitrogens with one attached hydrogen (secondary N) is 2. The fraction of sp³-hybridized carbons (Fsp3) is 0.211. The number of hydrogen-bond donors (Lipinski definition) is 2. The second-order valence-electron chi connectivity index (χ2n) is 5.71. The van der Waals surface area contributed by atoms with Gasteiger partial charge in [0.2, 0.25) is 0 Å². The lowest BCUT2D eigenvalue weighted by Crippen LogP contribution is -2.05. The Hall–Kier alpha value is -3.06. The predicted octanol–water partition coefficient (Wildman–Crippen LogP) is 4.21. The fourth-order valence-electron chi connectivity index (χ4n) is 2.51. The topological polar surface area (TPSA) is 81.2 Å². The molecule has 0 aliphatic carbocycles. The molecule has 3 aromatic rings. The SMILES string of the molecule is COc1cc(Nc2cc(NCc3cccnc3)nc(C)n2)c(OC)cc1Cl. The first-order valence-electron chi connectivity index (χ1n) is 8.26. The number of pyridine rings is 1. The largest absolute Gasteiger partial charge is 0.495 e. The highest BCUT2D eigenvalue weighted by molar-refractivity contribution is 6.32. The standard InChI is InChI=1S/C19H20ClN5O2/c1-12-23-18(22-11-13-5-4-6-21-10-13)9-19(24-12)25-15-8-16(26-2)14(20)7-17(15)27-3/h4-10H,11H2,1-3H3,(H2,22,23,24,25). The van der Waals surface area contributed by atoms with E-state index in [1.807, 2.05) is 31.3 Å². The van der Waals surface area contributed by atoms with Gasteiger partial charge in [0.05, 0.1) is 24.9 Å². The van der Waals surface area contributed by atoms with Crippen molar-refractivity contribution in [2.75, 3.05) is 24.9 Å². The van der Waals surface area contributed by atoms with Crippen LogP contribution in [-0.2, 0) is 6.54 Å². The molecule has 1 aromatic carbocycles. The third-order valence-corrected chi connectivity index (χ3v) is 4.07. The summed E-state index contributed by atoms with van der Waals surface area (Å²) < 4.78 is 10.7. The summed E-state index contributed by atoms with van der Waals surface area (Å²) in [6, 6.07) is 9.18. The third kappa shape index (κ3) is 4.77. The van der Waals surface area contributed by atoms with Crippen LogP contribution in [0.1, 0.15) is 11.4 Å². The second kappa shape index (κ2) is 8.55. The first-order valence-corrected chi connectivity index (χ1v) is 8.64. The number of methoxy groups -OCH3 is 2. The molecule has 140 valence electrons. The first kappa shape index (κ1) is 18.7. The number of nitrogens with zero attached hydrogens (tertiary/aromatic N) is 3. The van der Waals surface area contributed by atoms with Crippen LogP contribution in [0.25, 0.3) is 0 Å². The van der Waals surface area contributed by atoms with Crippen LogP contribution in [0.5, 0.6) is 11.5 Å². The van der Waals surface area contributed by atoms with Crippen molar-refractivity contribution in [3.8, 4) is 11.5 Å². The maximum absolute atomic E-state index is 6.16. The molecule has 2 heterocycles. The molecular weight excluding hydrogens is 366 g/mol. The summed E-state index contributed by atoms with van der Waals surface area (Å²) in [5.74, 6) is 3.09. The van der Waals surface area contributed by atoms with Gasteiger partial charge in [-0.3, -0.25) is 4.98 Å². The van der Waals surface area contributed by atoms with Crippen molar-refractivity contribution >= 4 is 28.9 Å². The Morgan fingerprint density at radius 2 is 1.81 bits per heavy atom. The van der Waals surface area contributed by atoms with Crippen LogP contribution in [0.15, 0.2) is 42.7 Å². The van der Waals surface area contributed by atoms with Gasteiger partial charge in [0.15, 0.2) is 0 Å². The Labute approximate surface area is 162 Å². The summed E-state index contributed by atoms with van der Waals surface area (Å²) in [4.78, 5) is 13.0. The van der Waals surface area contributed by atoms with E-state index in [-0.39, 0.29) is 0 Å². The lowest BCUT2D eigenvalue weighted by Gasteiger charge is -2.14. The molecule has 27 heavy (non-hydrogen) atoms. The molecule has 0 unspecified atom stereocenters. The maximum atomic E-state index is 6.16. The molecule has 0 atom stereocenters. The lowest BCUT2D eigenvalue weighted by molar-refractivity contribution is 0.405. The van der Waals surface area contributed by atoms with Gasteiger partial charge in [-0.2, -0.15) is 0 Å². The number of aromatic nitrogens is 3. The predicted molar refractivity (Wildman–Crippen MR) is 106 cm³/mol. The van der Waals surface area contributed by atoms with Crippen molar-refractivity contribution in [3.05, 3.63) is 59.1 Å². The number of benzene rings is 1. The van der Waals surface area contributed by atoms with Crippen molar-refractivity contribution in [3.63, 3.8) is 0 Å². The number of hydrogen-bond acceptors (Lipinski definition) is 7. The Morgan fingerprint density at radius 3 is 2.52 bits per heavy atom. The fourth-order valence-corrected chi connectivity index (χ4v) is 2.74. The molecule has 2 N–H and O–H groups in total. The average molecular weight is 386 g/mol. The van der Waals surface area contributed by atoms with E-state index in [1.165, 1.54) is 0 Å². The summed E-state index contributed by atoms with van der Waals surface area (Å²) in [7, 11) is 3.14. The van der Waals surface area contributed by atoms with Crippen LogP contribution < -0.4 is 20.1 Å². The summed E-state index contributed by atoms with van der Waals surface area (Å²) in [5.41, 5.74) is 1.75. The van der Waals surface area contributed by atoms with Gasteiger partial charge in [0.25, 0.3) is 0 Å². The summed E-state index contributed by atoms with van der Waals surface area (Å²) in [6.07, 6.45) is 3.55. The molecule has 0 aliphatic rings. The Kier molecular flexibility index (Phi) is 5.93. The van der Waals surface area contributed by atoms with Gasteiger partial charge >= 0.3 is 0 Å². The first-order chi connectivity index (χ1) is 13.1. The molecular formula is C19H20ClN5O2. The van der Waals surface area contributed by atoms with Crippen LogP contribution in [0.3, 0.4) is 0 Å². The molecule has 0 radical (unpaired) electrons. The number of rotatable bonds is 7. The van der Waals surface area contributed by atoms with Gasteiger partial charge in [0, 0.05) is 37.1 Å². The molecule has 7 nitrogen and oxygen atoms in total. The maximum Gasteiger partial charge on any atom is 0.144 e. The molecule has 2 aromatic heterocycles. The van der Waals surface area contributed by atoms with E-state index >= 15 is 0 Å². The van der Waals surface area contributed by atoms with Gasteiger partial charge in [-0.25, -0.2) is 9.97 Å². The van der Waals surface area contributed by atoms with Crippen LogP contribution in [0.4, 0.5) is 17.3 Å². The highest BCUT2D eigenvalue weighted by Gasteiger charge is 2.11. The number of halogens is 1. The summed E-state index contributed by atoms with van der Waals surface area (Å²) in [5, 5.41) is 6.99. The molecule has 0 bridgehead atoms. The van der Waals surface area contributed by atoms with Crippen LogP contribution in [0.2, 0.25) is 5.02 Å². The zero-order chi connectivity index (χ0) is 19.2. The van der Waals surface area contributed by atoms with E-state index in [1.54, 1.807) is 32.5 Å². The number of aryl methyl sites for hydroxylation is 1. The van der Waals surface area contributed by atoms with Crippen LogP contribution in [0, 0.1) is 6.92 Å². The van der Waals surface area contributed by atoms with E-state index in [2.05, 4.69) is 25.6 Å². The monoisotopic (exact) mass is 385 g/mol. The molecule has 3 rings (SSSR count). The van der Waals surface area contributed by atoms with E-state index in [0.29, 0.717) is 46.2 Å². The zero-order valence-corrected chi connectivity index (χ0v) is 16.0. The van der Waals surface area contributed by atoms with E-state index in [4.69, 9.17) is 21.1 Å². The minimum absolute atomic E-state index is 0.470. The van der Waals surface area contributed by atoms with Crippen LogP contribution in [-0.4, -0.2) is 29.2 Å². The normalized spacial score (nSPS) is 10.4. The van der Waals surface area contributed by atoms with E-state index in [0.717, 1.165) is 5.56 Å². The molecule has 0 spiro atoms. The van der Waals surface area contributed by atoms with Gasteiger partial charge in [-0.05, 0) is 18.6 Å². The minimum Gasteiger partial charge on any atom is -0.495 e. The highest BCUT2D eigenvalue weighted by Crippen LogP contribution is 2.37. The Morgan fingerprint density at radius 1 is 1.04 bits per heavy atom. The van der Waals surface area contributed by atoms with E-state index in [9.17, 15) is 0 Å². The van der Waals surface area contributed by atoms with Crippen molar-refractivity contribution in [1.82, 2.24) is 15.0 Å². The van der Waals surface area contributed by atoms with Gasteiger partial charge in [-0.1, -0.05) is 17.7 Å². The smallest absolute Gasteiger partial charge is 0.144 e. The molecule has 0 amide bonds. The van der Waals surface area contributed by atoms with Crippen LogP contribution >= 0.6 is 11.6 Å². The molecule has 8 heteroatoms. The Bertz CT molecular complexity index is 921. The minimum atomic E-state index is 0.470. The third-order valence-electron chi connectivity index (χ3n) is 3.77. The Balaban J connectivity index is 1.82. The zero-order valence-electron chi connectivity index (χ0n) is 15.3. The highest BCUT2D eigenvalue weighted by atomic mass is 35.5. The van der Waals surface area contributed by atoms with Crippen molar-refractivity contribution < 1.29 is 9.47 Å². The lowest BCUT2D eigenvalue weighted by atomic mass is 10.2.